The molecule has 5 aliphatic carbocycles. The van der Waals surface area contributed by atoms with E-state index < -0.39 is 0 Å². The third kappa shape index (κ3) is 3.79. The minimum Gasteiger partial charge on any atom is -0.351 e. The van der Waals surface area contributed by atoms with Crippen molar-refractivity contribution in [2.75, 3.05) is 6.54 Å². The molecular formula is C27H34ClN3O. The van der Waals surface area contributed by atoms with Gasteiger partial charge in [-0.25, -0.2) is 0 Å². The molecule has 2 aromatic rings. The summed E-state index contributed by atoms with van der Waals surface area (Å²) in [5.74, 6) is 4.90. The van der Waals surface area contributed by atoms with Crippen LogP contribution >= 0.6 is 11.6 Å². The Balaban J connectivity index is 1.10. The molecule has 170 valence electrons. The molecule has 1 N–H and O–H groups in total. The van der Waals surface area contributed by atoms with Crippen LogP contribution in [0, 0.1) is 36.5 Å². The van der Waals surface area contributed by atoms with Crippen molar-refractivity contribution in [1.29, 1.82) is 0 Å². The van der Waals surface area contributed by atoms with E-state index in [1.54, 1.807) is 0 Å². The maximum absolute atomic E-state index is 13.0. The van der Waals surface area contributed by atoms with E-state index in [0.717, 1.165) is 77.2 Å². The molecule has 7 rings (SSSR count). The summed E-state index contributed by atoms with van der Waals surface area (Å²) in [6.07, 6.45) is 12.1. The van der Waals surface area contributed by atoms with E-state index in [2.05, 4.69) is 10.00 Å². The number of nitrogens with zero attached hydrogens (tertiary/aromatic N) is 2. The van der Waals surface area contributed by atoms with Crippen LogP contribution in [0.1, 0.15) is 79.9 Å². The first-order valence-corrected chi connectivity index (χ1v) is 13.1. The Morgan fingerprint density at radius 2 is 1.72 bits per heavy atom. The quantitative estimate of drug-likeness (QED) is 0.493. The number of rotatable bonds is 7. The summed E-state index contributed by atoms with van der Waals surface area (Å²) in [6, 6.07) is 8.28. The summed E-state index contributed by atoms with van der Waals surface area (Å²) in [5, 5.41) is 8.68. The molecule has 5 saturated carbocycles. The molecule has 5 fully saturated rings. The van der Waals surface area contributed by atoms with Crippen LogP contribution < -0.4 is 5.32 Å². The number of halogens is 1. The monoisotopic (exact) mass is 451 g/mol. The van der Waals surface area contributed by atoms with Gasteiger partial charge in [0.25, 0.3) is 5.91 Å². The highest BCUT2D eigenvalue weighted by Crippen LogP contribution is 2.57. The summed E-state index contributed by atoms with van der Waals surface area (Å²) in [6.45, 7) is 2.78. The number of carbonyl (C=O) groups excluding carboxylic acids is 1. The lowest BCUT2D eigenvalue weighted by molar-refractivity contribution is -0.0401. The Bertz CT molecular complexity index is 979. The van der Waals surface area contributed by atoms with E-state index in [-0.39, 0.29) is 5.91 Å². The van der Waals surface area contributed by atoms with Crippen molar-refractivity contribution in [3.05, 3.63) is 40.5 Å². The molecule has 0 radical (unpaired) electrons. The van der Waals surface area contributed by atoms with Gasteiger partial charge < -0.3 is 5.32 Å². The Kier molecular flexibility index (Phi) is 5.32. The van der Waals surface area contributed by atoms with Crippen LogP contribution in [0.3, 0.4) is 0 Å². The highest BCUT2D eigenvalue weighted by atomic mass is 35.5. The predicted molar refractivity (Wildman–Crippen MR) is 128 cm³/mol. The van der Waals surface area contributed by atoms with Gasteiger partial charge in [0.2, 0.25) is 0 Å². The van der Waals surface area contributed by atoms with Crippen LogP contribution in [0.2, 0.25) is 5.02 Å². The highest BCUT2D eigenvalue weighted by molar-refractivity contribution is 6.30. The summed E-state index contributed by atoms with van der Waals surface area (Å²) in [5.41, 5.74) is 3.68. The van der Waals surface area contributed by atoms with E-state index in [1.807, 2.05) is 31.2 Å². The predicted octanol–water partition coefficient (Wildman–Crippen LogP) is 6.43. The van der Waals surface area contributed by atoms with Crippen molar-refractivity contribution in [3.63, 3.8) is 0 Å². The van der Waals surface area contributed by atoms with Crippen molar-refractivity contribution < 1.29 is 4.79 Å². The summed E-state index contributed by atoms with van der Waals surface area (Å²) < 4.78 is 2.07. The largest absolute Gasteiger partial charge is 0.351 e. The fraction of sp³-hybridized carbons (Fsp3) is 0.630. The molecule has 5 aliphatic rings. The van der Waals surface area contributed by atoms with E-state index in [0.29, 0.717) is 11.7 Å². The number of amides is 1. The van der Waals surface area contributed by atoms with Gasteiger partial charge in [-0.2, -0.15) is 5.10 Å². The van der Waals surface area contributed by atoms with Crippen LogP contribution in [0.4, 0.5) is 0 Å². The number of nitrogens with one attached hydrogen (secondary N) is 1. The average Bonchev–Trinajstić information content (AvgIpc) is 3.55. The lowest BCUT2D eigenvalue weighted by atomic mass is 9.51. The first kappa shape index (κ1) is 20.8. The molecule has 4 nitrogen and oxygen atoms in total. The van der Waals surface area contributed by atoms with Crippen LogP contribution in [0.5, 0.6) is 0 Å². The van der Waals surface area contributed by atoms with Gasteiger partial charge in [-0.3, -0.25) is 9.48 Å². The second kappa shape index (κ2) is 8.20. The fourth-order valence-electron chi connectivity index (χ4n) is 7.40. The van der Waals surface area contributed by atoms with E-state index >= 15 is 0 Å². The SMILES string of the molecule is Cc1c(C(=O)NCCCC2C3CC4CC(C3)CC2C4)nn(C2CC2)c1-c1ccc(Cl)cc1. The van der Waals surface area contributed by atoms with Gasteiger partial charge in [0, 0.05) is 22.7 Å². The Hall–Kier alpha value is -1.81. The third-order valence-electron chi connectivity index (χ3n) is 8.79. The van der Waals surface area contributed by atoms with E-state index in [1.165, 1.54) is 38.5 Å². The van der Waals surface area contributed by atoms with Crippen molar-refractivity contribution in [2.45, 2.75) is 70.8 Å². The van der Waals surface area contributed by atoms with Gasteiger partial charge in [0.1, 0.15) is 0 Å². The van der Waals surface area contributed by atoms with Gasteiger partial charge in [-0.05, 0) is 106 Å². The lowest BCUT2D eigenvalue weighted by Crippen LogP contribution is -2.45. The van der Waals surface area contributed by atoms with Gasteiger partial charge in [0.05, 0.1) is 11.7 Å². The van der Waals surface area contributed by atoms with Crippen LogP contribution in [0.25, 0.3) is 11.3 Å². The van der Waals surface area contributed by atoms with Gasteiger partial charge in [0.15, 0.2) is 5.69 Å². The molecule has 1 amide bonds. The average molecular weight is 452 g/mol. The van der Waals surface area contributed by atoms with E-state index in [9.17, 15) is 4.79 Å². The van der Waals surface area contributed by atoms with Crippen molar-refractivity contribution in [3.8, 4) is 11.3 Å². The highest BCUT2D eigenvalue weighted by Gasteiger charge is 2.47. The van der Waals surface area contributed by atoms with Crippen LogP contribution in [-0.2, 0) is 0 Å². The lowest BCUT2D eigenvalue weighted by Gasteiger charge is -2.54. The molecular weight excluding hydrogens is 418 g/mol. The Labute approximate surface area is 196 Å². The molecule has 5 heteroatoms. The Morgan fingerprint density at radius 1 is 1.06 bits per heavy atom. The minimum absolute atomic E-state index is 0.0257. The molecule has 0 spiro atoms. The Morgan fingerprint density at radius 3 is 2.34 bits per heavy atom. The summed E-state index contributed by atoms with van der Waals surface area (Å²) in [4.78, 5) is 13.0. The minimum atomic E-state index is -0.0257. The number of carbonyl (C=O) groups is 1. The zero-order valence-electron chi connectivity index (χ0n) is 19.0. The smallest absolute Gasteiger partial charge is 0.272 e. The van der Waals surface area contributed by atoms with Gasteiger partial charge in [-0.15, -0.1) is 0 Å². The molecule has 0 atom stereocenters. The van der Waals surface area contributed by atoms with Crippen molar-refractivity contribution in [2.24, 2.45) is 29.6 Å². The third-order valence-corrected chi connectivity index (χ3v) is 9.05. The molecule has 1 aromatic heterocycles. The zero-order chi connectivity index (χ0) is 21.8. The van der Waals surface area contributed by atoms with Crippen molar-refractivity contribution >= 4 is 17.5 Å². The zero-order valence-corrected chi connectivity index (χ0v) is 19.8. The first-order chi connectivity index (χ1) is 15.6. The van der Waals surface area contributed by atoms with E-state index in [4.69, 9.17) is 16.7 Å². The second-order valence-corrected chi connectivity index (χ2v) is 11.4. The molecule has 1 aromatic carbocycles. The van der Waals surface area contributed by atoms with Crippen molar-refractivity contribution in [1.82, 2.24) is 15.1 Å². The molecule has 32 heavy (non-hydrogen) atoms. The van der Waals surface area contributed by atoms with Gasteiger partial charge >= 0.3 is 0 Å². The normalized spacial score (nSPS) is 30.6. The first-order valence-electron chi connectivity index (χ1n) is 12.7. The molecule has 0 saturated heterocycles. The fourth-order valence-corrected chi connectivity index (χ4v) is 7.53. The molecule has 0 unspecified atom stereocenters. The van der Waals surface area contributed by atoms with Crippen LogP contribution in [0.15, 0.2) is 24.3 Å². The maximum Gasteiger partial charge on any atom is 0.272 e. The topological polar surface area (TPSA) is 46.9 Å². The number of hydrogen-bond acceptors (Lipinski definition) is 2. The maximum atomic E-state index is 13.0. The van der Waals surface area contributed by atoms with Crippen LogP contribution in [-0.4, -0.2) is 22.2 Å². The number of benzene rings is 1. The number of aromatic nitrogens is 2. The van der Waals surface area contributed by atoms with Gasteiger partial charge in [-0.1, -0.05) is 23.7 Å². The summed E-state index contributed by atoms with van der Waals surface area (Å²) >= 11 is 6.09. The standard InChI is InChI=1S/C27H34ClN3O/c1-16-25(30-31(23-8-9-23)26(16)19-4-6-22(28)7-5-19)27(32)29-10-2-3-24-20-12-17-11-18(14-20)15-21(24)13-17/h4-7,17-18,20-21,23-24H,2-3,8-15H2,1H3,(H,29,32). The molecule has 4 bridgehead atoms. The molecule has 1 heterocycles. The summed E-state index contributed by atoms with van der Waals surface area (Å²) in [7, 11) is 0. The number of hydrogen-bond donors (Lipinski definition) is 1. The molecule has 0 aliphatic heterocycles. The second-order valence-electron chi connectivity index (χ2n) is 11.0.